The van der Waals surface area contributed by atoms with Gasteiger partial charge < -0.3 is 10.1 Å². The number of carbonyl (C=O) groups is 2. The van der Waals surface area contributed by atoms with Gasteiger partial charge in [-0.15, -0.1) is 0 Å². The molecule has 0 aliphatic rings. The molecule has 24 heavy (non-hydrogen) atoms. The molecule has 0 aliphatic carbocycles. The number of hydrogen-bond acceptors (Lipinski definition) is 4. The third kappa shape index (κ3) is 4.33. The number of ether oxygens (including phenoxy) is 1. The summed E-state index contributed by atoms with van der Waals surface area (Å²) in [4.78, 5) is 23.5. The van der Waals surface area contributed by atoms with Gasteiger partial charge in [0.05, 0.1) is 19.6 Å². The van der Waals surface area contributed by atoms with Gasteiger partial charge in [0.1, 0.15) is 5.75 Å². The van der Waals surface area contributed by atoms with Crippen LogP contribution >= 0.6 is 0 Å². The molecule has 1 unspecified atom stereocenters. The molecular weight excluding hydrogens is 308 g/mol. The largest absolute Gasteiger partial charge is 0.496 e. The number of rotatable bonds is 6. The Kier molecular flexibility index (Phi) is 5.92. The highest BCUT2D eigenvalue weighted by atomic mass is 16.5. The number of hydrogen-bond donors (Lipinski definition) is 3. The Morgan fingerprint density at radius 3 is 2.42 bits per heavy atom. The SMILES string of the molecule is COc1ccccc1CC(=O)NC(C)c1ccc(C(=O)NO)cc1. The van der Waals surface area contributed by atoms with Crippen LogP contribution in [0.1, 0.15) is 34.5 Å². The van der Waals surface area contributed by atoms with Crippen molar-refractivity contribution in [3.8, 4) is 5.75 Å². The van der Waals surface area contributed by atoms with Gasteiger partial charge in [-0.3, -0.25) is 14.8 Å². The number of benzene rings is 2. The van der Waals surface area contributed by atoms with Crippen LogP contribution in [0.5, 0.6) is 5.75 Å². The average molecular weight is 328 g/mol. The van der Waals surface area contributed by atoms with Crippen molar-refractivity contribution in [3.63, 3.8) is 0 Å². The van der Waals surface area contributed by atoms with E-state index in [-0.39, 0.29) is 18.4 Å². The zero-order chi connectivity index (χ0) is 17.5. The minimum Gasteiger partial charge on any atom is -0.496 e. The predicted molar refractivity (Wildman–Crippen MR) is 89.0 cm³/mol. The van der Waals surface area contributed by atoms with Gasteiger partial charge in [0, 0.05) is 11.1 Å². The predicted octanol–water partition coefficient (Wildman–Crippen LogP) is 2.23. The molecule has 2 aromatic carbocycles. The minimum atomic E-state index is -0.575. The van der Waals surface area contributed by atoms with Crippen LogP contribution in [0.15, 0.2) is 48.5 Å². The summed E-state index contributed by atoms with van der Waals surface area (Å²) in [5, 5.41) is 11.5. The monoisotopic (exact) mass is 328 g/mol. The van der Waals surface area contributed by atoms with Crippen molar-refractivity contribution in [2.24, 2.45) is 0 Å². The zero-order valence-corrected chi connectivity index (χ0v) is 13.6. The van der Waals surface area contributed by atoms with Crippen LogP contribution in [-0.2, 0) is 11.2 Å². The second-order valence-corrected chi connectivity index (χ2v) is 5.34. The van der Waals surface area contributed by atoms with Crippen molar-refractivity contribution in [1.82, 2.24) is 10.8 Å². The summed E-state index contributed by atoms with van der Waals surface area (Å²) >= 11 is 0. The van der Waals surface area contributed by atoms with Crippen LogP contribution in [0.3, 0.4) is 0 Å². The van der Waals surface area contributed by atoms with Crippen LogP contribution in [0, 0.1) is 0 Å². The summed E-state index contributed by atoms with van der Waals surface area (Å²) in [6, 6.07) is 13.8. The van der Waals surface area contributed by atoms with Gasteiger partial charge in [0.2, 0.25) is 5.91 Å². The first kappa shape index (κ1) is 17.5. The molecule has 2 aromatic rings. The highest BCUT2D eigenvalue weighted by Gasteiger charge is 2.13. The zero-order valence-electron chi connectivity index (χ0n) is 13.6. The minimum absolute atomic E-state index is 0.121. The topological polar surface area (TPSA) is 87.7 Å². The van der Waals surface area contributed by atoms with Crippen molar-refractivity contribution >= 4 is 11.8 Å². The lowest BCUT2D eigenvalue weighted by atomic mass is 10.0. The highest BCUT2D eigenvalue weighted by Crippen LogP contribution is 2.19. The number of methoxy groups -OCH3 is 1. The second kappa shape index (κ2) is 8.12. The number of carbonyl (C=O) groups excluding carboxylic acids is 2. The number of amides is 2. The molecule has 0 saturated carbocycles. The summed E-state index contributed by atoms with van der Waals surface area (Å²) in [5.41, 5.74) is 3.60. The van der Waals surface area contributed by atoms with Gasteiger partial charge in [0.25, 0.3) is 5.91 Å². The van der Waals surface area contributed by atoms with Crippen LogP contribution in [-0.4, -0.2) is 24.1 Å². The fourth-order valence-corrected chi connectivity index (χ4v) is 2.39. The summed E-state index contributed by atoms with van der Waals surface area (Å²) in [6.07, 6.45) is 0.222. The molecule has 0 fully saturated rings. The van der Waals surface area contributed by atoms with Gasteiger partial charge in [0.15, 0.2) is 0 Å². The normalized spacial score (nSPS) is 11.5. The Hall–Kier alpha value is -2.86. The number of nitrogens with one attached hydrogen (secondary N) is 2. The fourth-order valence-electron chi connectivity index (χ4n) is 2.39. The van der Waals surface area contributed by atoms with E-state index in [4.69, 9.17) is 9.94 Å². The van der Waals surface area contributed by atoms with Gasteiger partial charge in [-0.25, -0.2) is 5.48 Å². The summed E-state index contributed by atoms with van der Waals surface area (Å²) in [7, 11) is 1.57. The molecule has 1 atom stereocenters. The quantitative estimate of drug-likeness (QED) is 0.560. The molecule has 0 bridgehead atoms. The molecule has 0 radical (unpaired) electrons. The maximum atomic E-state index is 12.2. The molecule has 2 rings (SSSR count). The summed E-state index contributed by atoms with van der Waals surface area (Å²) < 4.78 is 5.24. The Bertz CT molecular complexity index is 713. The van der Waals surface area contributed by atoms with Gasteiger partial charge >= 0.3 is 0 Å². The maximum Gasteiger partial charge on any atom is 0.274 e. The first-order valence-corrected chi connectivity index (χ1v) is 7.50. The smallest absolute Gasteiger partial charge is 0.274 e. The second-order valence-electron chi connectivity index (χ2n) is 5.34. The maximum absolute atomic E-state index is 12.2. The van der Waals surface area contributed by atoms with E-state index in [0.717, 1.165) is 11.1 Å². The Balaban J connectivity index is 1.99. The van der Waals surface area contributed by atoms with Crippen LogP contribution in [0.4, 0.5) is 0 Å². The van der Waals surface area contributed by atoms with Crippen molar-refractivity contribution in [3.05, 3.63) is 65.2 Å². The standard InChI is InChI=1S/C18H20N2O4/c1-12(13-7-9-14(10-8-13)18(22)20-23)19-17(21)11-15-5-3-4-6-16(15)24-2/h3-10,12,23H,11H2,1-2H3,(H,19,21)(H,20,22). The summed E-state index contributed by atoms with van der Waals surface area (Å²) in [6.45, 7) is 1.86. The Morgan fingerprint density at radius 2 is 1.79 bits per heavy atom. The first-order valence-electron chi connectivity index (χ1n) is 7.50. The van der Waals surface area contributed by atoms with E-state index in [2.05, 4.69) is 5.32 Å². The van der Waals surface area contributed by atoms with Crippen LogP contribution in [0.25, 0.3) is 0 Å². The van der Waals surface area contributed by atoms with Crippen LogP contribution in [0.2, 0.25) is 0 Å². The molecule has 0 aromatic heterocycles. The van der Waals surface area contributed by atoms with Gasteiger partial charge in [-0.1, -0.05) is 30.3 Å². The van der Waals surface area contributed by atoms with E-state index in [9.17, 15) is 9.59 Å². The lowest BCUT2D eigenvalue weighted by Gasteiger charge is -2.15. The molecule has 0 saturated heterocycles. The highest BCUT2D eigenvalue weighted by molar-refractivity contribution is 5.93. The first-order chi connectivity index (χ1) is 11.5. The molecular formula is C18H20N2O4. The van der Waals surface area contributed by atoms with Crippen molar-refractivity contribution < 1.29 is 19.5 Å². The summed E-state index contributed by atoms with van der Waals surface area (Å²) in [5.74, 6) is -0.0155. The van der Waals surface area contributed by atoms with Crippen molar-refractivity contribution in [2.75, 3.05) is 7.11 Å². The van der Waals surface area contributed by atoms with E-state index in [1.165, 1.54) is 0 Å². The van der Waals surface area contributed by atoms with E-state index >= 15 is 0 Å². The van der Waals surface area contributed by atoms with Gasteiger partial charge in [-0.2, -0.15) is 0 Å². The van der Waals surface area contributed by atoms with Crippen molar-refractivity contribution in [2.45, 2.75) is 19.4 Å². The number of para-hydroxylation sites is 1. The molecule has 2 amide bonds. The fraction of sp³-hybridized carbons (Fsp3) is 0.222. The lowest BCUT2D eigenvalue weighted by molar-refractivity contribution is -0.121. The molecule has 6 heteroatoms. The van der Waals surface area contributed by atoms with E-state index < -0.39 is 5.91 Å². The van der Waals surface area contributed by atoms with E-state index in [0.29, 0.717) is 11.3 Å². The molecule has 3 N–H and O–H groups in total. The third-order valence-electron chi connectivity index (χ3n) is 3.70. The lowest BCUT2D eigenvalue weighted by Crippen LogP contribution is -2.28. The Morgan fingerprint density at radius 1 is 1.12 bits per heavy atom. The molecule has 0 heterocycles. The third-order valence-corrected chi connectivity index (χ3v) is 3.70. The molecule has 6 nitrogen and oxygen atoms in total. The molecule has 126 valence electrons. The molecule has 0 spiro atoms. The molecule has 0 aliphatic heterocycles. The van der Waals surface area contributed by atoms with E-state index in [1.807, 2.05) is 31.2 Å². The van der Waals surface area contributed by atoms with Gasteiger partial charge in [-0.05, 0) is 30.7 Å². The van der Waals surface area contributed by atoms with E-state index in [1.54, 1.807) is 36.9 Å². The number of hydroxylamine groups is 1. The average Bonchev–Trinajstić information content (AvgIpc) is 2.61. The Labute approximate surface area is 140 Å². The van der Waals surface area contributed by atoms with Crippen LogP contribution < -0.4 is 15.5 Å². The van der Waals surface area contributed by atoms with Crippen molar-refractivity contribution in [1.29, 1.82) is 0 Å².